The lowest BCUT2D eigenvalue weighted by Gasteiger charge is -2.20. The molecule has 0 saturated carbocycles. The van der Waals surface area contributed by atoms with E-state index >= 15 is 0 Å². The van der Waals surface area contributed by atoms with E-state index in [0.29, 0.717) is 6.04 Å². The quantitative estimate of drug-likeness (QED) is 0.860. The van der Waals surface area contributed by atoms with Crippen LogP contribution in [0.15, 0.2) is 30.5 Å². The zero-order valence-corrected chi connectivity index (χ0v) is 13.5. The van der Waals surface area contributed by atoms with E-state index in [4.69, 9.17) is 0 Å². The minimum absolute atomic E-state index is 0.364. The van der Waals surface area contributed by atoms with Crippen molar-refractivity contribution in [2.24, 2.45) is 0 Å². The molecule has 0 amide bonds. The van der Waals surface area contributed by atoms with Gasteiger partial charge in [-0.1, -0.05) is 36.0 Å². The number of aryl methyl sites for hydroxylation is 1. The Morgan fingerprint density at radius 1 is 1.25 bits per heavy atom. The zero-order chi connectivity index (χ0) is 14.5. The number of nitrogens with zero attached hydrogens (tertiary/aromatic N) is 2. The number of aromatic nitrogens is 1. The molecule has 0 aliphatic carbocycles. The van der Waals surface area contributed by atoms with Crippen LogP contribution >= 0.6 is 11.3 Å². The van der Waals surface area contributed by atoms with Crippen LogP contribution < -0.4 is 10.2 Å². The molecule has 0 fully saturated rings. The van der Waals surface area contributed by atoms with E-state index in [1.165, 1.54) is 16.1 Å². The second kappa shape index (κ2) is 6.86. The van der Waals surface area contributed by atoms with Crippen LogP contribution in [-0.4, -0.2) is 18.1 Å². The first-order chi connectivity index (χ1) is 9.65. The first-order valence-corrected chi connectivity index (χ1v) is 8.00. The molecule has 0 radical (unpaired) electrons. The van der Waals surface area contributed by atoms with Crippen molar-refractivity contribution in [2.75, 3.05) is 18.0 Å². The molecule has 0 bridgehead atoms. The highest BCUT2D eigenvalue weighted by atomic mass is 32.1. The molecule has 1 aromatic carbocycles. The summed E-state index contributed by atoms with van der Waals surface area (Å²) in [6, 6.07) is 8.98. The Balaban J connectivity index is 2.22. The molecule has 2 aromatic rings. The molecule has 0 aliphatic rings. The molecule has 1 unspecified atom stereocenters. The maximum atomic E-state index is 4.59. The fraction of sp³-hybridized carbons (Fsp3) is 0.438. The molecule has 108 valence electrons. The van der Waals surface area contributed by atoms with Gasteiger partial charge in [-0.2, -0.15) is 0 Å². The van der Waals surface area contributed by atoms with Crippen molar-refractivity contribution in [3.63, 3.8) is 0 Å². The van der Waals surface area contributed by atoms with Crippen LogP contribution in [0.25, 0.3) is 0 Å². The van der Waals surface area contributed by atoms with Gasteiger partial charge in [0.2, 0.25) is 0 Å². The number of anilines is 2. The lowest BCUT2D eigenvalue weighted by Crippen LogP contribution is -2.16. The Bertz CT molecular complexity index is 533. The number of thiazole rings is 1. The monoisotopic (exact) mass is 289 g/mol. The van der Waals surface area contributed by atoms with E-state index in [1.807, 2.05) is 6.20 Å². The first kappa shape index (κ1) is 15.0. The number of rotatable bonds is 6. The molecule has 1 heterocycles. The van der Waals surface area contributed by atoms with Crippen LogP contribution in [-0.2, 0) is 0 Å². The van der Waals surface area contributed by atoms with Crippen LogP contribution in [0, 0.1) is 6.92 Å². The lowest BCUT2D eigenvalue weighted by molar-refractivity contribution is 0.606. The maximum Gasteiger partial charge on any atom is 0.190 e. The summed E-state index contributed by atoms with van der Waals surface area (Å²) in [5, 5.41) is 4.50. The second-order valence-electron chi connectivity index (χ2n) is 4.90. The third-order valence-electron chi connectivity index (χ3n) is 3.34. The van der Waals surface area contributed by atoms with Crippen molar-refractivity contribution in [1.29, 1.82) is 0 Å². The number of hydrogen-bond donors (Lipinski definition) is 1. The molecule has 1 atom stereocenters. The molecular weight excluding hydrogens is 266 g/mol. The van der Waals surface area contributed by atoms with Crippen molar-refractivity contribution >= 4 is 22.2 Å². The number of hydrogen-bond acceptors (Lipinski definition) is 4. The highest BCUT2D eigenvalue weighted by molar-refractivity contribution is 7.15. The van der Waals surface area contributed by atoms with Gasteiger partial charge in [-0.15, -0.1) is 0 Å². The zero-order valence-electron chi connectivity index (χ0n) is 12.7. The molecule has 0 spiro atoms. The Hall–Kier alpha value is -1.39. The largest absolute Gasteiger partial charge is 0.318 e. The summed E-state index contributed by atoms with van der Waals surface area (Å²) in [4.78, 5) is 8.13. The van der Waals surface area contributed by atoms with Gasteiger partial charge in [-0.3, -0.25) is 0 Å². The van der Waals surface area contributed by atoms with E-state index in [-0.39, 0.29) is 0 Å². The molecule has 1 aromatic heterocycles. The van der Waals surface area contributed by atoms with Gasteiger partial charge >= 0.3 is 0 Å². The Kier molecular flexibility index (Phi) is 5.15. The van der Waals surface area contributed by atoms with Crippen molar-refractivity contribution in [1.82, 2.24) is 10.3 Å². The van der Waals surface area contributed by atoms with Gasteiger partial charge in [0.1, 0.15) is 0 Å². The average Bonchev–Trinajstić information content (AvgIpc) is 2.92. The summed E-state index contributed by atoms with van der Waals surface area (Å²) in [6.07, 6.45) is 1.99. The normalized spacial score (nSPS) is 12.4. The smallest absolute Gasteiger partial charge is 0.190 e. The van der Waals surface area contributed by atoms with Gasteiger partial charge in [0.05, 0.1) is 0 Å². The van der Waals surface area contributed by atoms with Crippen LogP contribution in [0.5, 0.6) is 0 Å². The van der Waals surface area contributed by atoms with E-state index in [1.54, 1.807) is 11.3 Å². The first-order valence-electron chi connectivity index (χ1n) is 7.19. The molecule has 1 N–H and O–H groups in total. The van der Waals surface area contributed by atoms with Crippen LogP contribution in [0.2, 0.25) is 0 Å². The van der Waals surface area contributed by atoms with E-state index < -0.39 is 0 Å². The standard InChI is InChI=1S/C16H23N3S/c1-5-17-13(4)15-11-18-16(20-15)19(6-2)14-9-7-12(3)8-10-14/h7-11,13,17H,5-6H2,1-4H3. The third-order valence-corrected chi connectivity index (χ3v) is 4.54. The van der Waals surface area contributed by atoms with Gasteiger partial charge < -0.3 is 10.2 Å². The van der Waals surface area contributed by atoms with Gasteiger partial charge in [-0.25, -0.2) is 4.98 Å². The molecule has 2 rings (SSSR count). The third kappa shape index (κ3) is 3.38. The summed E-state index contributed by atoms with van der Waals surface area (Å²) < 4.78 is 0. The van der Waals surface area contributed by atoms with Crippen molar-refractivity contribution in [2.45, 2.75) is 33.7 Å². The van der Waals surface area contributed by atoms with Crippen molar-refractivity contribution in [3.8, 4) is 0 Å². The number of benzene rings is 1. The van der Waals surface area contributed by atoms with Gasteiger partial charge in [-0.05, 0) is 39.4 Å². The predicted octanol–water partition coefficient (Wildman–Crippen LogP) is 4.28. The fourth-order valence-corrected chi connectivity index (χ4v) is 3.19. The van der Waals surface area contributed by atoms with E-state index in [0.717, 1.165) is 18.2 Å². The van der Waals surface area contributed by atoms with Crippen molar-refractivity contribution < 1.29 is 0 Å². The highest BCUT2D eigenvalue weighted by Crippen LogP contribution is 2.31. The molecular formula is C16H23N3S. The summed E-state index contributed by atoms with van der Waals surface area (Å²) in [5.41, 5.74) is 2.49. The minimum atomic E-state index is 0.364. The molecule has 3 nitrogen and oxygen atoms in total. The van der Waals surface area contributed by atoms with E-state index in [2.05, 4.69) is 67.2 Å². The molecule has 0 saturated heterocycles. The van der Waals surface area contributed by atoms with Crippen molar-refractivity contribution in [3.05, 3.63) is 40.9 Å². The lowest BCUT2D eigenvalue weighted by atomic mass is 10.2. The SMILES string of the molecule is CCNC(C)c1cnc(N(CC)c2ccc(C)cc2)s1. The van der Waals surface area contributed by atoms with Crippen LogP contribution in [0.1, 0.15) is 37.3 Å². The second-order valence-corrected chi connectivity index (χ2v) is 5.95. The topological polar surface area (TPSA) is 28.2 Å². The summed E-state index contributed by atoms with van der Waals surface area (Å²) in [7, 11) is 0. The van der Waals surface area contributed by atoms with Crippen LogP contribution in [0.3, 0.4) is 0 Å². The Morgan fingerprint density at radius 3 is 2.55 bits per heavy atom. The molecule has 0 aliphatic heterocycles. The fourth-order valence-electron chi connectivity index (χ4n) is 2.16. The molecule has 4 heteroatoms. The Morgan fingerprint density at radius 2 is 1.95 bits per heavy atom. The Labute approximate surface area is 125 Å². The maximum absolute atomic E-state index is 4.59. The summed E-state index contributed by atoms with van der Waals surface area (Å²) in [5.74, 6) is 0. The number of nitrogens with one attached hydrogen (secondary N) is 1. The van der Waals surface area contributed by atoms with Gasteiger partial charge in [0.15, 0.2) is 5.13 Å². The highest BCUT2D eigenvalue weighted by Gasteiger charge is 2.14. The minimum Gasteiger partial charge on any atom is -0.318 e. The summed E-state index contributed by atoms with van der Waals surface area (Å²) in [6.45, 7) is 10.5. The van der Waals surface area contributed by atoms with Crippen LogP contribution in [0.4, 0.5) is 10.8 Å². The van der Waals surface area contributed by atoms with E-state index in [9.17, 15) is 0 Å². The van der Waals surface area contributed by atoms with Gasteiger partial charge in [0.25, 0.3) is 0 Å². The molecule has 20 heavy (non-hydrogen) atoms. The predicted molar refractivity (Wildman–Crippen MR) is 88.1 cm³/mol. The summed E-state index contributed by atoms with van der Waals surface area (Å²) >= 11 is 1.76. The average molecular weight is 289 g/mol. The van der Waals surface area contributed by atoms with Gasteiger partial charge in [0, 0.05) is 29.3 Å².